The molecule has 0 aromatic rings. The lowest BCUT2D eigenvalue weighted by Crippen LogP contribution is -2.51. The molecule has 1 amide bonds. The van der Waals surface area contributed by atoms with Gasteiger partial charge in [-0.3, -0.25) is 9.59 Å². The number of carbonyl (C=O) groups excluding carboxylic acids is 1. The molecule has 0 aliphatic heterocycles. The first kappa shape index (κ1) is 12.1. The Morgan fingerprint density at radius 2 is 2.12 bits per heavy atom. The number of hydrogen-bond acceptors (Lipinski definition) is 2. The monoisotopic (exact) mass is 237 g/mol. The fourth-order valence-electron chi connectivity index (χ4n) is 2.54. The van der Waals surface area contributed by atoms with Crippen LogP contribution in [0.15, 0.2) is 11.6 Å². The summed E-state index contributed by atoms with van der Waals surface area (Å²) in [5, 5.41) is 11.9. The average molecular weight is 237 g/mol. The van der Waals surface area contributed by atoms with E-state index in [4.69, 9.17) is 5.11 Å². The van der Waals surface area contributed by atoms with Gasteiger partial charge in [-0.15, -0.1) is 0 Å². The Hall–Kier alpha value is -1.32. The number of carboxylic acid groups (broad SMARTS) is 1. The number of carbonyl (C=O) groups is 2. The maximum Gasteiger partial charge on any atom is 0.319 e. The van der Waals surface area contributed by atoms with Crippen LogP contribution in [0.25, 0.3) is 0 Å². The summed E-state index contributed by atoms with van der Waals surface area (Å²) in [6.45, 7) is 0.569. The third kappa shape index (κ3) is 2.35. The summed E-state index contributed by atoms with van der Waals surface area (Å²) in [5.41, 5.74) is 0.271. The van der Waals surface area contributed by atoms with Gasteiger partial charge < -0.3 is 10.4 Å². The molecule has 2 aliphatic rings. The third-order valence-electron chi connectivity index (χ3n) is 3.92. The van der Waals surface area contributed by atoms with Crippen LogP contribution in [-0.2, 0) is 9.59 Å². The number of carboxylic acids is 1. The van der Waals surface area contributed by atoms with Crippen LogP contribution in [0.4, 0.5) is 0 Å². The smallest absolute Gasteiger partial charge is 0.319 e. The number of rotatable bonds is 5. The highest BCUT2D eigenvalue weighted by atomic mass is 16.4. The second-order valence-corrected chi connectivity index (χ2v) is 5.00. The van der Waals surface area contributed by atoms with E-state index in [0.717, 1.165) is 25.7 Å². The normalized spacial score (nSPS) is 21.5. The Balaban J connectivity index is 1.78. The Kier molecular flexibility index (Phi) is 3.50. The summed E-state index contributed by atoms with van der Waals surface area (Å²) in [5.74, 6) is -1.27. The first-order valence-electron chi connectivity index (χ1n) is 6.35. The van der Waals surface area contributed by atoms with Crippen molar-refractivity contribution in [3.63, 3.8) is 0 Å². The van der Waals surface area contributed by atoms with Crippen molar-refractivity contribution >= 4 is 11.9 Å². The highest BCUT2D eigenvalue weighted by Crippen LogP contribution is 2.41. The molecule has 1 saturated carbocycles. The molecule has 94 valence electrons. The fourth-order valence-corrected chi connectivity index (χ4v) is 2.54. The van der Waals surface area contributed by atoms with Gasteiger partial charge in [-0.1, -0.05) is 18.1 Å². The second kappa shape index (κ2) is 4.90. The zero-order chi connectivity index (χ0) is 12.3. The zero-order valence-electron chi connectivity index (χ0n) is 10.00. The van der Waals surface area contributed by atoms with Crippen molar-refractivity contribution in [2.75, 3.05) is 6.54 Å². The van der Waals surface area contributed by atoms with Gasteiger partial charge >= 0.3 is 5.97 Å². The molecule has 4 nitrogen and oxygen atoms in total. The van der Waals surface area contributed by atoms with Gasteiger partial charge in [-0.25, -0.2) is 0 Å². The van der Waals surface area contributed by atoms with E-state index < -0.39 is 11.4 Å². The fraction of sp³-hybridized carbons (Fsp3) is 0.692. The molecule has 17 heavy (non-hydrogen) atoms. The van der Waals surface area contributed by atoms with Crippen LogP contribution in [0.1, 0.15) is 44.9 Å². The van der Waals surface area contributed by atoms with Crippen molar-refractivity contribution in [2.45, 2.75) is 44.9 Å². The molecular formula is C13H19NO3. The Morgan fingerprint density at radius 3 is 2.59 bits per heavy atom. The molecule has 0 saturated heterocycles. The first-order chi connectivity index (χ1) is 8.15. The van der Waals surface area contributed by atoms with Gasteiger partial charge in [0.05, 0.1) is 0 Å². The molecule has 0 unspecified atom stereocenters. The van der Waals surface area contributed by atoms with Crippen LogP contribution in [-0.4, -0.2) is 23.5 Å². The molecule has 1 fully saturated rings. The van der Waals surface area contributed by atoms with Gasteiger partial charge in [0.1, 0.15) is 5.41 Å². The SMILES string of the molecule is O=C(O)C1(C(=O)NCCC2=CCCC2)CCC1. The van der Waals surface area contributed by atoms with Crippen molar-refractivity contribution in [3.05, 3.63) is 11.6 Å². The van der Waals surface area contributed by atoms with Gasteiger partial charge in [0.15, 0.2) is 0 Å². The molecule has 2 N–H and O–H groups in total. The molecular weight excluding hydrogens is 218 g/mol. The van der Waals surface area contributed by atoms with Crippen LogP contribution in [0.2, 0.25) is 0 Å². The van der Waals surface area contributed by atoms with E-state index in [-0.39, 0.29) is 5.91 Å². The van der Waals surface area contributed by atoms with Crippen LogP contribution in [0.3, 0.4) is 0 Å². The maximum atomic E-state index is 11.9. The highest BCUT2D eigenvalue weighted by Gasteiger charge is 2.50. The lowest BCUT2D eigenvalue weighted by molar-refractivity contribution is -0.162. The molecule has 0 radical (unpaired) electrons. The summed E-state index contributed by atoms with van der Waals surface area (Å²) < 4.78 is 0. The minimum Gasteiger partial charge on any atom is -0.480 e. The predicted octanol–water partition coefficient (Wildman–Crippen LogP) is 1.86. The summed E-state index contributed by atoms with van der Waals surface area (Å²) in [4.78, 5) is 22.9. The van der Waals surface area contributed by atoms with Crippen molar-refractivity contribution in [2.24, 2.45) is 5.41 Å². The van der Waals surface area contributed by atoms with E-state index in [9.17, 15) is 9.59 Å². The lowest BCUT2D eigenvalue weighted by Gasteiger charge is -2.35. The van der Waals surface area contributed by atoms with E-state index >= 15 is 0 Å². The standard InChI is InChI=1S/C13H19NO3/c15-11(13(12(16)17)7-3-8-13)14-9-6-10-4-1-2-5-10/h4H,1-3,5-9H2,(H,14,15)(H,16,17). The molecule has 0 atom stereocenters. The van der Waals surface area contributed by atoms with Gasteiger partial charge in [-0.2, -0.15) is 0 Å². The van der Waals surface area contributed by atoms with E-state index in [0.29, 0.717) is 19.4 Å². The number of aliphatic carboxylic acids is 1. The van der Waals surface area contributed by atoms with E-state index in [1.165, 1.54) is 12.0 Å². The number of allylic oxidation sites excluding steroid dienone is 1. The Labute approximate surface area is 101 Å². The number of hydrogen-bond donors (Lipinski definition) is 2. The quantitative estimate of drug-likeness (QED) is 0.566. The molecule has 0 aromatic carbocycles. The zero-order valence-corrected chi connectivity index (χ0v) is 10.00. The molecule has 4 heteroatoms. The average Bonchev–Trinajstić information content (AvgIpc) is 2.67. The van der Waals surface area contributed by atoms with Gasteiger partial charge in [0, 0.05) is 6.54 Å². The van der Waals surface area contributed by atoms with E-state index in [1.807, 2.05) is 0 Å². The van der Waals surface area contributed by atoms with Gasteiger partial charge in [-0.05, 0) is 38.5 Å². The van der Waals surface area contributed by atoms with Gasteiger partial charge in [0.25, 0.3) is 0 Å². The van der Waals surface area contributed by atoms with Crippen molar-refractivity contribution in [1.29, 1.82) is 0 Å². The first-order valence-corrected chi connectivity index (χ1v) is 6.35. The molecule has 0 heterocycles. The second-order valence-electron chi connectivity index (χ2n) is 5.00. The van der Waals surface area contributed by atoms with Crippen molar-refractivity contribution in [1.82, 2.24) is 5.32 Å². The molecule has 2 rings (SSSR count). The molecule has 2 aliphatic carbocycles. The number of amides is 1. The van der Waals surface area contributed by atoms with E-state index in [1.54, 1.807) is 0 Å². The number of nitrogens with one attached hydrogen (secondary N) is 1. The predicted molar refractivity (Wildman–Crippen MR) is 63.5 cm³/mol. The lowest BCUT2D eigenvalue weighted by atomic mass is 9.68. The highest BCUT2D eigenvalue weighted by molar-refractivity contribution is 6.02. The summed E-state index contributed by atoms with van der Waals surface area (Å²) in [6, 6.07) is 0. The van der Waals surface area contributed by atoms with Crippen LogP contribution >= 0.6 is 0 Å². The third-order valence-corrected chi connectivity index (χ3v) is 3.92. The van der Waals surface area contributed by atoms with Gasteiger partial charge in [0.2, 0.25) is 5.91 Å². The summed E-state index contributed by atoms with van der Waals surface area (Å²) in [6.07, 6.45) is 8.37. The van der Waals surface area contributed by atoms with Crippen molar-refractivity contribution < 1.29 is 14.7 Å². The summed E-state index contributed by atoms with van der Waals surface area (Å²) >= 11 is 0. The molecule has 0 bridgehead atoms. The minimum atomic E-state index is -1.12. The Morgan fingerprint density at radius 1 is 1.35 bits per heavy atom. The van der Waals surface area contributed by atoms with Crippen LogP contribution in [0.5, 0.6) is 0 Å². The van der Waals surface area contributed by atoms with Crippen LogP contribution in [0, 0.1) is 5.41 Å². The molecule has 0 aromatic heterocycles. The van der Waals surface area contributed by atoms with E-state index in [2.05, 4.69) is 11.4 Å². The largest absolute Gasteiger partial charge is 0.480 e. The summed E-state index contributed by atoms with van der Waals surface area (Å²) in [7, 11) is 0. The Bertz CT molecular complexity index is 356. The molecule has 0 spiro atoms. The van der Waals surface area contributed by atoms with Crippen molar-refractivity contribution in [3.8, 4) is 0 Å². The maximum absolute atomic E-state index is 11.9. The topological polar surface area (TPSA) is 66.4 Å². The minimum absolute atomic E-state index is 0.296. The van der Waals surface area contributed by atoms with Crippen LogP contribution < -0.4 is 5.32 Å².